The summed E-state index contributed by atoms with van der Waals surface area (Å²) in [4.78, 5) is 49.3. The van der Waals surface area contributed by atoms with Crippen molar-refractivity contribution in [1.82, 2.24) is 30.7 Å². The van der Waals surface area contributed by atoms with Gasteiger partial charge >= 0.3 is 12.1 Å². The Kier molecular flexibility index (Phi) is 14.7. The van der Waals surface area contributed by atoms with Gasteiger partial charge in [0.25, 0.3) is 0 Å². The summed E-state index contributed by atoms with van der Waals surface area (Å²) in [7, 11) is 0. The molecular formula is C37H50N6O5S. The lowest BCUT2D eigenvalue weighted by Gasteiger charge is -2.32. The Balaban J connectivity index is 1.27. The molecule has 0 spiro atoms. The molecule has 49 heavy (non-hydrogen) atoms. The van der Waals surface area contributed by atoms with Crippen LogP contribution in [0.25, 0.3) is 0 Å². The van der Waals surface area contributed by atoms with Crippen LogP contribution < -0.4 is 16.0 Å². The molecule has 3 heterocycles. The Morgan fingerprint density at radius 3 is 2.04 bits per heavy atom. The average molecular weight is 691 g/mol. The first kappa shape index (κ1) is 36.3. The lowest BCUT2D eigenvalue weighted by atomic mass is 9.95. The number of carbonyl (C=O) groups is 3. The van der Waals surface area contributed by atoms with Gasteiger partial charge in [0, 0.05) is 51.0 Å². The van der Waals surface area contributed by atoms with Crippen LogP contribution in [0.5, 0.6) is 0 Å². The number of hydrogen-bond donors (Lipinski definition) is 3. The first-order valence-electron chi connectivity index (χ1n) is 17.6. The fraction of sp³-hybridized carbons (Fsp3) is 0.514. The van der Waals surface area contributed by atoms with Crippen LogP contribution in [0.1, 0.15) is 54.5 Å². The van der Waals surface area contributed by atoms with E-state index in [0.717, 1.165) is 48.4 Å². The summed E-state index contributed by atoms with van der Waals surface area (Å²) in [5.41, 5.74) is 3.91. The van der Waals surface area contributed by atoms with Crippen LogP contribution in [-0.2, 0) is 33.7 Å². The number of thiazole rings is 1. The molecule has 2 fully saturated rings. The number of urea groups is 1. The molecule has 0 radical (unpaired) electrons. The highest BCUT2D eigenvalue weighted by atomic mass is 32.1. The standard InChI is InChI=1S/C37H50N6O5S/c44-35(34(16-19-42-20-22-47-23-21-42)41-36(45)43-17-8-3-9-18-43)39-31(24-29-10-4-1-5-11-29)14-15-32(25-30-12-6-2-7-13-30)40-37(46)48-27-33-26-38-28-49-33/h1-2,4-7,10-13,26,28,31-32,34H,3,8-9,14-25,27H2,(H,39,44)(H,40,46)(H,41,45). The average Bonchev–Trinajstić information content (AvgIpc) is 3.67. The molecule has 2 aliphatic rings. The summed E-state index contributed by atoms with van der Waals surface area (Å²) in [6, 6.07) is 18.8. The van der Waals surface area contributed by atoms with Crippen molar-refractivity contribution in [2.75, 3.05) is 45.9 Å². The van der Waals surface area contributed by atoms with Crippen LogP contribution in [0, 0.1) is 0 Å². The van der Waals surface area contributed by atoms with Crippen molar-refractivity contribution in [3.63, 3.8) is 0 Å². The number of carbonyl (C=O) groups excluding carboxylic acids is 3. The number of ether oxygens (including phenoxy) is 2. The van der Waals surface area contributed by atoms with Crippen LogP contribution in [0.4, 0.5) is 9.59 Å². The molecule has 0 bridgehead atoms. The Hall–Kier alpha value is -4.00. The molecule has 3 unspecified atom stereocenters. The first-order chi connectivity index (χ1) is 24.0. The topological polar surface area (TPSA) is 125 Å². The number of nitrogens with one attached hydrogen (secondary N) is 3. The van der Waals surface area contributed by atoms with E-state index in [-0.39, 0.29) is 30.6 Å². The molecule has 4 amide bonds. The first-order valence-corrected chi connectivity index (χ1v) is 18.4. The van der Waals surface area contributed by atoms with Crippen molar-refractivity contribution < 1.29 is 23.9 Å². The number of amides is 4. The van der Waals surface area contributed by atoms with Gasteiger partial charge in [0.1, 0.15) is 12.6 Å². The van der Waals surface area contributed by atoms with Gasteiger partial charge in [-0.2, -0.15) is 0 Å². The molecule has 0 saturated carbocycles. The van der Waals surface area contributed by atoms with Crippen LogP contribution in [-0.4, -0.2) is 96.9 Å². The van der Waals surface area contributed by atoms with E-state index in [1.165, 1.54) is 11.3 Å². The summed E-state index contributed by atoms with van der Waals surface area (Å²) in [5, 5.41) is 9.47. The molecule has 12 heteroatoms. The van der Waals surface area contributed by atoms with Crippen molar-refractivity contribution in [2.24, 2.45) is 0 Å². The molecule has 0 aliphatic carbocycles. The van der Waals surface area contributed by atoms with Gasteiger partial charge in [-0.25, -0.2) is 9.59 Å². The molecule has 5 rings (SSSR count). The lowest BCUT2D eigenvalue weighted by Crippen LogP contribution is -2.55. The Labute approximate surface area is 293 Å². The molecule has 2 aliphatic heterocycles. The maximum absolute atomic E-state index is 14.1. The van der Waals surface area contributed by atoms with E-state index in [1.54, 1.807) is 11.7 Å². The molecule has 3 aromatic rings. The Morgan fingerprint density at radius 2 is 1.43 bits per heavy atom. The van der Waals surface area contributed by atoms with Crippen LogP contribution in [0.3, 0.4) is 0 Å². The van der Waals surface area contributed by atoms with Crippen molar-refractivity contribution in [3.05, 3.63) is 88.4 Å². The molecule has 3 atom stereocenters. The number of aromatic nitrogens is 1. The maximum atomic E-state index is 14.1. The predicted octanol–water partition coefficient (Wildman–Crippen LogP) is 4.77. The van der Waals surface area contributed by atoms with E-state index in [2.05, 4.69) is 38.0 Å². The van der Waals surface area contributed by atoms with Crippen LogP contribution in [0.2, 0.25) is 0 Å². The zero-order chi connectivity index (χ0) is 34.1. The fourth-order valence-electron chi connectivity index (χ4n) is 6.35. The van der Waals surface area contributed by atoms with Gasteiger partial charge in [-0.3, -0.25) is 14.7 Å². The summed E-state index contributed by atoms with van der Waals surface area (Å²) in [5.74, 6) is -0.184. The normalized spacial score (nSPS) is 17.0. The maximum Gasteiger partial charge on any atom is 0.407 e. The SMILES string of the molecule is O=C(NC(CCC(Cc1ccccc1)NC(=O)C(CCN1CCOCC1)NC(=O)N1CCCCC1)Cc1ccccc1)OCc1cncs1. The van der Waals surface area contributed by atoms with Gasteiger partial charge in [0.05, 0.1) is 23.6 Å². The molecular weight excluding hydrogens is 641 g/mol. The minimum atomic E-state index is -0.671. The second-order valence-corrected chi connectivity index (χ2v) is 13.8. The lowest BCUT2D eigenvalue weighted by molar-refractivity contribution is -0.124. The highest BCUT2D eigenvalue weighted by molar-refractivity contribution is 7.09. The van der Waals surface area contributed by atoms with Crippen molar-refractivity contribution in [3.8, 4) is 0 Å². The second-order valence-electron chi connectivity index (χ2n) is 12.8. The number of hydrogen-bond acceptors (Lipinski definition) is 8. The third-order valence-corrected chi connectivity index (χ3v) is 9.86. The highest BCUT2D eigenvalue weighted by Gasteiger charge is 2.28. The van der Waals surface area contributed by atoms with Gasteiger partial charge in [-0.05, 0) is 62.5 Å². The molecule has 2 saturated heterocycles. The van der Waals surface area contributed by atoms with Gasteiger partial charge in [-0.1, -0.05) is 60.7 Å². The minimum Gasteiger partial charge on any atom is -0.444 e. The van der Waals surface area contributed by atoms with Crippen molar-refractivity contribution in [1.29, 1.82) is 0 Å². The van der Waals surface area contributed by atoms with E-state index < -0.39 is 12.1 Å². The van der Waals surface area contributed by atoms with E-state index in [0.29, 0.717) is 65.0 Å². The van der Waals surface area contributed by atoms with Crippen molar-refractivity contribution in [2.45, 2.75) is 76.1 Å². The van der Waals surface area contributed by atoms with E-state index >= 15 is 0 Å². The minimum absolute atomic E-state index is 0.163. The predicted molar refractivity (Wildman–Crippen MR) is 190 cm³/mol. The summed E-state index contributed by atoms with van der Waals surface area (Å²) in [6.07, 6.45) is 7.27. The Bertz CT molecular complexity index is 1400. The fourth-order valence-corrected chi connectivity index (χ4v) is 6.86. The molecule has 2 aromatic carbocycles. The third kappa shape index (κ3) is 12.8. The number of morpholine rings is 1. The van der Waals surface area contributed by atoms with Crippen molar-refractivity contribution >= 4 is 29.4 Å². The monoisotopic (exact) mass is 690 g/mol. The van der Waals surface area contributed by atoms with E-state index in [4.69, 9.17) is 9.47 Å². The molecule has 3 N–H and O–H groups in total. The summed E-state index contributed by atoms with van der Waals surface area (Å²) in [6.45, 7) is 5.25. The second kappa shape index (κ2) is 19.9. The van der Waals surface area contributed by atoms with Gasteiger partial charge in [-0.15, -0.1) is 11.3 Å². The van der Waals surface area contributed by atoms with Gasteiger partial charge in [0.15, 0.2) is 0 Å². The largest absolute Gasteiger partial charge is 0.444 e. The number of rotatable bonds is 16. The summed E-state index contributed by atoms with van der Waals surface area (Å²) >= 11 is 1.44. The smallest absolute Gasteiger partial charge is 0.407 e. The number of benzene rings is 2. The summed E-state index contributed by atoms with van der Waals surface area (Å²) < 4.78 is 11.0. The number of nitrogens with zero attached hydrogens (tertiary/aromatic N) is 3. The van der Waals surface area contributed by atoms with Gasteiger partial charge < -0.3 is 30.3 Å². The van der Waals surface area contributed by atoms with Crippen LogP contribution in [0.15, 0.2) is 72.4 Å². The third-order valence-electron chi connectivity index (χ3n) is 9.11. The van der Waals surface area contributed by atoms with E-state index in [1.807, 2.05) is 53.4 Å². The molecule has 264 valence electrons. The number of piperidine rings is 1. The zero-order valence-corrected chi connectivity index (χ0v) is 29.1. The molecule has 11 nitrogen and oxygen atoms in total. The zero-order valence-electron chi connectivity index (χ0n) is 28.3. The highest BCUT2D eigenvalue weighted by Crippen LogP contribution is 2.15. The molecule has 1 aromatic heterocycles. The van der Waals surface area contributed by atoms with E-state index in [9.17, 15) is 14.4 Å². The number of likely N-dealkylation sites (tertiary alicyclic amines) is 1. The number of alkyl carbamates (subject to hydrolysis) is 1. The van der Waals surface area contributed by atoms with Gasteiger partial charge in [0.2, 0.25) is 5.91 Å². The Morgan fingerprint density at radius 1 is 0.796 bits per heavy atom. The quantitative estimate of drug-likeness (QED) is 0.198. The van der Waals surface area contributed by atoms with Crippen LogP contribution >= 0.6 is 11.3 Å².